The minimum atomic E-state index is -0.894. The smallest absolute Gasteiger partial charge is 0.341 e. The van der Waals surface area contributed by atoms with Gasteiger partial charge in [0.1, 0.15) is 0 Å². The van der Waals surface area contributed by atoms with Gasteiger partial charge in [0.2, 0.25) is 0 Å². The van der Waals surface area contributed by atoms with Crippen LogP contribution < -0.4 is 15.8 Å². The second-order valence-electron chi connectivity index (χ2n) is 6.50. The highest BCUT2D eigenvalue weighted by Crippen LogP contribution is 2.27. The van der Waals surface area contributed by atoms with Gasteiger partial charge in [0.25, 0.3) is 17.5 Å². The lowest BCUT2D eigenvalue weighted by molar-refractivity contribution is -0.384. The van der Waals surface area contributed by atoms with Gasteiger partial charge in [-0.15, -0.1) is 0 Å². The summed E-state index contributed by atoms with van der Waals surface area (Å²) in [4.78, 5) is 48.8. The lowest BCUT2D eigenvalue weighted by Gasteiger charge is -2.30. The van der Waals surface area contributed by atoms with Crippen molar-refractivity contribution < 1.29 is 28.8 Å². The average Bonchev–Trinajstić information content (AvgIpc) is 2.81. The molecule has 11 nitrogen and oxygen atoms in total. The topological polar surface area (TPSA) is 140 Å². The van der Waals surface area contributed by atoms with E-state index in [-0.39, 0.29) is 11.3 Å². The first kappa shape index (κ1) is 21.7. The Morgan fingerprint density at radius 2 is 1.77 bits per heavy atom. The number of hydrogen-bond donors (Lipinski definition) is 2. The molecule has 0 atom stereocenters. The number of morpholine rings is 1. The zero-order valence-corrected chi connectivity index (χ0v) is 16.4. The van der Waals surface area contributed by atoms with Crippen molar-refractivity contribution in [3.8, 4) is 0 Å². The molecule has 31 heavy (non-hydrogen) atoms. The number of esters is 1. The predicted octanol–water partition coefficient (Wildman–Crippen LogP) is 1.05. The molecule has 11 heteroatoms. The second-order valence-corrected chi connectivity index (χ2v) is 6.50. The first-order chi connectivity index (χ1) is 15.0. The van der Waals surface area contributed by atoms with Gasteiger partial charge in [0, 0.05) is 30.8 Å². The molecule has 0 bridgehead atoms. The SMILES string of the molecule is O=C(COC(=O)c1cc([N+](=O)[O-])ccc1N1CCOCC1)NNC(=O)c1ccccc1. The number of nitrogens with one attached hydrogen (secondary N) is 2. The first-order valence-electron chi connectivity index (χ1n) is 9.38. The fourth-order valence-corrected chi connectivity index (χ4v) is 2.91. The molecule has 2 aromatic rings. The summed E-state index contributed by atoms with van der Waals surface area (Å²) in [6, 6.07) is 12.1. The average molecular weight is 428 g/mol. The van der Waals surface area contributed by atoms with E-state index in [1.165, 1.54) is 12.1 Å². The van der Waals surface area contributed by atoms with E-state index in [0.29, 0.717) is 37.6 Å². The molecule has 2 aromatic carbocycles. The second kappa shape index (κ2) is 10.2. The van der Waals surface area contributed by atoms with Crippen molar-refractivity contribution in [3.63, 3.8) is 0 Å². The Bertz CT molecular complexity index is 975. The lowest BCUT2D eigenvalue weighted by Crippen LogP contribution is -2.43. The standard InChI is InChI=1S/C20H20N4O7/c25-18(21-22-19(26)14-4-2-1-3-5-14)13-31-20(27)16-12-15(24(28)29)6-7-17(16)23-8-10-30-11-9-23/h1-7,12H,8-11,13H2,(H,21,25)(H,22,26). The third kappa shape index (κ3) is 5.76. The summed E-state index contributed by atoms with van der Waals surface area (Å²) in [7, 11) is 0. The van der Waals surface area contributed by atoms with Gasteiger partial charge in [-0.05, 0) is 18.2 Å². The molecule has 162 valence electrons. The molecular formula is C20H20N4O7. The van der Waals surface area contributed by atoms with Crippen LogP contribution in [-0.4, -0.2) is 55.6 Å². The van der Waals surface area contributed by atoms with E-state index in [2.05, 4.69) is 10.9 Å². The molecule has 0 unspecified atom stereocenters. The van der Waals surface area contributed by atoms with Crippen LogP contribution in [0.25, 0.3) is 0 Å². The Labute approximate surface area is 177 Å². The van der Waals surface area contributed by atoms with Crippen LogP contribution >= 0.6 is 0 Å². The lowest BCUT2D eigenvalue weighted by atomic mass is 10.1. The third-order valence-corrected chi connectivity index (χ3v) is 4.45. The van der Waals surface area contributed by atoms with Crippen LogP contribution in [0.5, 0.6) is 0 Å². The maximum atomic E-state index is 12.6. The maximum Gasteiger partial charge on any atom is 0.341 e. The molecule has 1 saturated heterocycles. The quantitative estimate of drug-likeness (QED) is 0.395. The largest absolute Gasteiger partial charge is 0.452 e. The summed E-state index contributed by atoms with van der Waals surface area (Å²) < 4.78 is 10.3. The fraction of sp³-hybridized carbons (Fsp3) is 0.250. The van der Waals surface area contributed by atoms with Gasteiger partial charge < -0.3 is 14.4 Å². The molecule has 0 aliphatic carbocycles. The number of hydrogen-bond acceptors (Lipinski definition) is 8. The summed E-state index contributed by atoms with van der Waals surface area (Å²) in [5.74, 6) is -2.20. The summed E-state index contributed by atoms with van der Waals surface area (Å²) in [5, 5.41) is 11.1. The van der Waals surface area contributed by atoms with Gasteiger partial charge in [0.05, 0.1) is 29.4 Å². The Hall–Kier alpha value is -3.99. The number of nitro groups is 1. The van der Waals surface area contributed by atoms with Crippen molar-refractivity contribution in [2.75, 3.05) is 37.8 Å². The molecule has 0 saturated carbocycles. The molecule has 1 aliphatic heterocycles. The van der Waals surface area contributed by atoms with Crippen LogP contribution in [0, 0.1) is 10.1 Å². The number of amides is 2. The molecule has 0 radical (unpaired) electrons. The van der Waals surface area contributed by atoms with Gasteiger partial charge >= 0.3 is 5.97 Å². The number of anilines is 1. The highest BCUT2D eigenvalue weighted by atomic mass is 16.6. The van der Waals surface area contributed by atoms with E-state index in [9.17, 15) is 24.5 Å². The summed E-state index contributed by atoms with van der Waals surface area (Å²) in [6.45, 7) is 1.23. The molecule has 2 amide bonds. The van der Waals surface area contributed by atoms with Crippen molar-refractivity contribution >= 4 is 29.2 Å². The highest BCUT2D eigenvalue weighted by Gasteiger charge is 2.23. The van der Waals surface area contributed by atoms with E-state index < -0.39 is 29.3 Å². The van der Waals surface area contributed by atoms with Crippen LogP contribution in [0.4, 0.5) is 11.4 Å². The number of carbonyl (C=O) groups excluding carboxylic acids is 3. The number of carbonyl (C=O) groups is 3. The number of benzene rings is 2. The monoisotopic (exact) mass is 428 g/mol. The Morgan fingerprint density at radius 1 is 1.06 bits per heavy atom. The normalized spacial score (nSPS) is 13.2. The minimum Gasteiger partial charge on any atom is -0.452 e. The van der Waals surface area contributed by atoms with Gasteiger partial charge in [-0.3, -0.25) is 30.6 Å². The molecular weight excluding hydrogens is 408 g/mol. The predicted molar refractivity (Wildman–Crippen MR) is 108 cm³/mol. The molecule has 2 N–H and O–H groups in total. The van der Waals surface area contributed by atoms with E-state index in [4.69, 9.17) is 9.47 Å². The summed E-state index contributed by atoms with van der Waals surface area (Å²) >= 11 is 0. The summed E-state index contributed by atoms with van der Waals surface area (Å²) in [6.07, 6.45) is 0. The Kier molecular flexibility index (Phi) is 7.12. The molecule has 0 spiro atoms. The van der Waals surface area contributed by atoms with Crippen molar-refractivity contribution in [1.82, 2.24) is 10.9 Å². The number of ether oxygens (including phenoxy) is 2. The van der Waals surface area contributed by atoms with Gasteiger partial charge in [-0.1, -0.05) is 18.2 Å². The Morgan fingerprint density at radius 3 is 2.45 bits per heavy atom. The van der Waals surface area contributed by atoms with E-state index in [1.54, 1.807) is 30.3 Å². The van der Waals surface area contributed by atoms with E-state index in [0.717, 1.165) is 6.07 Å². The van der Waals surface area contributed by atoms with Gasteiger partial charge in [-0.25, -0.2) is 4.79 Å². The van der Waals surface area contributed by atoms with Crippen LogP contribution in [0.2, 0.25) is 0 Å². The zero-order valence-electron chi connectivity index (χ0n) is 16.4. The number of non-ortho nitro benzene ring substituents is 1. The number of nitrogens with zero attached hydrogens (tertiary/aromatic N) is 2. The first-order valence-corrected chi connectivity index (χ1v) is 9.38. The summed E-state index contributed by atoms with van der Waals surface area (Å²) in [5.41, 5.74) is 4.84. The van der Waals surface area contributed by atoms with Crippen molar-refractivity contribution in [3.05, 3.63) is 69.8 Å². The van der Waals surface area contributed by atoms with E-state index in [1.807, 2.05) is 4.90 Å². The van der Waals surface area contributed by atoms with Crippen molar-refractivity contribution in [1.29, 1.82) is 0 Å². The van der Waals surface area contributed by atoms with Crippen LogP contribution in [0.1, 0.15) is 20.7 Å². The van der Waals surface area contributed by atoms with Gasteiger partial charge in [0.15, 0.2) is 6.61 Å². The molecule has 1 aliphatic rings. The van der Waals surface area contributed by atoms with Crippen LogP contribution in [0.3, 0.4) is 0 Å². The third-order valence-electron chi connectivity index (χ3n) is 4.45. The van der Waals surface area contributed by atoms with Crippen LogP contribution in [-0.2, 0) is 14.3 Å². The molecule has 3 rings (SSSR count). The van der Waals surface area contributed by atoms with Gasteiger partial charge in [-0.2, -0.15) is 0 Å². The molecule has 1 fully saturated rings. The number of nitro benzene ring substituents is 1. The zero-order chi connectivity index (χ0) is 22.2. The maximum absolute atomic E-state index is 12.6. The fourth-order valence-electron chi connectivity index (χ4n) is 2.91. The molecule has 0 aromatic heterocycles. The molecule has 1 heterocycles. The number of rotatable bonds is 6. The van der Waals surface area contributed by atoms with Crippen molar-refractivity contribution in [2.24, 2.45) is 0 Å². The Balaban J connectivity index is 1.62. The minimum absolute atomic E-state index is 0.0304. The number of hydrazine groups is 1. The highest BCUT2D eigenvalue weighted by molar-refractivity contribution is 5.98. The van der Waals surface area contributed by atoms with Crippen molar-refractivity contribution in [2.45, 2.75) is 0 Å². The van der Waals surface area contributed by atoms with E-state index >= 15 is 0 Å². The van der Waals surface area contributed by atoms with Crippen LogP contribution in [0.15, 0.2) is 48.5 Å².